The van der Waals surface area contributed by atoms with Crippen LogP contribution < -0.4 is 20.3 Å². The van der Waals surface area contributed by atoms with E-state index in [1.54, 1.807) is 0 Å². The summed E-state index contributed by atoms with van der Waals surface area (Å²) in [5, 5.41) is 6.24. The van der Waals surface area contributed by atoms with Crippen molar-refractivity contribution < 1.29 is 9.53 Å². The van der Waals surface area contributed by atoms with Crippen LogP contribution in [0, 0.1) is 0 Å². The molecule has 2 aromatic carbocycles. The van der Waals surface area contributed by atoms with Gasteiger partial charge in [-0.2, -0.15) is 0 Å². The van der Waals surface area contributed by atoms with Gasteiger partial charge < -0.3 is 25.2 Å². The summed E-state index contributed by atoms with van der Waals surface area (Å²) < 4.78 is 5.63. The second-order valence-electron chi connectivity index (χ2n) is 7.75. The molecule has 0 aliphatic carbocycles. The van der Waals surface area contributed by atoms with E-state index in [0.717, 1.165) is 43.3 Å². The van der Waals surface area contributed by atoms with E-state index >= 15 is 0 Å². The molecule has 1 amide bonds. The summed E-state index contributed by atoms with van der Waals surface area (Å²) in [7, 11) is 2.15. The van der Waals surface area contributed by atoms with Crippen LogP contribution in [0.1, 0.15) is 20.3 Å². The number of piperazine rings is 1. The van der Waals surface area contributed by atoms with Crippen LogP contribution in [0.3, 0.4) is 0 Å². The lowest BCUT2D eigenvalue weighted by Gasteiger charge is -2.34. The molecule has 29 heavy (non-hydrogen) atoms. The molecule has 1 saturated heterocycles. The third kappa shape index (κ3) is 6.68. The number of anilines is 3. The maximum Gasteiger partial charge on any atom is 0.226 e. The summed E-state index contributed by atoms with van der Waals surface area (Å²) in [6.45, 7) is 8.83. The molecule has 0 atom stereocenters. The first-order valence-corrected chi connectivity index (χ1v) is 10.3. The molecule has 0 aromatic heterocycles. The average molecular weight is 397 g/mol. The number of rotatable bonds is 8. The molecule has 0 radical (unpaired) electrons. The van der Waals surface area contributed by atoms with Crippen LogP contribution in [0.2, 0.25) is 0 Å². The number of ether oxygens (including phenoxy) is 1. The number of hydrogen-bond acceptors (Lipinski definition) is 5. The second-order valence-corrected chi connectivity index (χ2v) is 7.75. The summed E-state index contributed by atoms with van der Waals surface area (Å²) in [6.07, 6.45) is 0.568. The molecule has 1 aliphatic heterocycles. The Morgan fingerprint density at radius 1 is 0.966 bits per heavy atom. The van der Waals surface area contributed by atoms with E-state index in [-0.39, 0.29) is 12.0 Å². The van der Waals surface area contributed by atoms with E-state index in [1.807, 2.05) is 50.2 Å². The number of amides is 1. The SMILES string of the molecule is CC(C)Oc1ccc(NCCC(=O)Nc2ccc(N3CCN(C)CC3)cc2)cc1. The molecule has 1 heterocycles. The van der Waals surface area contributed by atoms with Crippen molar-refractivity contribution in [3.8, 4) is 5.75 Å². The Bertz CT molecular complexity index is 766. The fraction of sp³-hybridized carbons (Fsp3) is 0.435. The predicted octanol–water partition coefficient (Wildman–Crippen LogP) is 3.67. The van der Waals surface area contributed by atoms with Crippen LogP contribution in [0.25, 0.3) is 0 Å². The highest BCUT2D eigenvalue weighted by Crippen LogP contribution is 2.20. The summed E-state index contributed by atoms with van der Waals surface area (Å²) in [6, 6.07) is 15.9. The predicted molar refractivity (Wildman–Crippen MR) is 120 cm³/mol. The average Bonchev–Trinajstić information content (AvgIpc) is 2.70. The fourth-order valence-electron chi connectivity index (χ4n) is 3.29. The molecule has 3 rings (SSSR count). The molecular formula is C23H32N4O2. The monoisotopic (exact) mass is 396 g/mol. The van der Waals surface area contributed by atoms with Crippen molar-refractivity contribution in [2.24, 2.45) is 0 Å². The molecule has 0 bridgehead atoms. The quantitative estimate of drug-likeness (QED) is 0.713. The van der Waals surface area contributed by atoms with Crippen LogP contribution in [0.4, 0.5) is 17.1 Å². The molecule has 2 aromatic rings. The summed E-state index contributed by atoms with van der Waals surface area (Å²) in [5.74, 6) is 0.855. The van der Waals surface area contributed by atoms with Crippen molar-refractivity contribution in [2.45, 2.75) is 26.4 Å². The van der Waals surface area contributed by atoms with Gasteiger partial charge in [-0.15, -0.1) is 0 Å². The first kappa shape index (κ1) is 21.0. The van der Waals surface area contributed by atoms with Crippen molar-refractivity contribution >= 4 is 23.0 Å². The summed E-state index contributed by atoms with van der Waals surface area (Å²) in [4.78, 5) is 16.9. The van der Waals surface area contributed by atoms with Crippen molar-refractivity contribution in [3.63, 3.8) is 0 Å². The van der Waals surface area contributed by atoms with Crippen LogP contribution >= 0.6 is 0 Å². The first-order valence-electron chi connectivity index (χ1n) is 10.3. The molecule has 0 spiro atoms. The van der Waals surface area contributed by atoms with Gasteiger partial charge in [0.1, 0.15) is 5.75 Å². The Hall–Kier alpha value is -2.73. The minimum Gasteiger partial charge on any atom is -0.491 e. The van der Waals surface area contributed by atoms with Crippen LogP contribution in [-0.4, -0.2) is 56.7 Å². The molecular weight excluding hydrogens is 364 g/mol. The van der Waals surface area contributed by atoms with Gasteiger partial charge in [0, 0.05) is 56.2 Å². The van der Waals surface area contributed by atoms with Gasteiger partial charge in [0.05, 0.1) is 6.10 Å². The number of carbonyl (C=O) groups excluding carboxylic acids is 1. The molecule has 1 fully saturated rings. The number of benzene rings is 2. The fourth-order valence-corrected chi connectivity index (χ4v) is 3.29. The highest BCUT2D eigenvalue weighted by molar-refractivity contribution is 5.91. The van der Waals surface area contributed by atoms with Crippen molar-refractivity contribution in [2.75, 3.05) is 55.3 Å². The third-order valence-electron chi connectivity index (χ3n) is 4.93. The van der Waals surface area contributed by atoms with Gasteiger partial charge >= 0.3 is 0 Å². The van der Waals surface area contributed by atoms with Gasteiger partial charge in [-0.1, -0.05) is 0 Å². The number of likely N-dealkylation sites (N-methyl/N-ethyl adjacent to an activating group) is 1. The lowest BCUT2D eigenvalue weighted by atomic mass is 10.2. The number of nitrogens with one attached hydrogen (secondary N) is 2. The number of nitrogens with zero attached hydrogens (tertiary/aromatic N) is 2. The minimum absolute atomic E-state index is 0.00427. The van der Waals surface area contributed by atoms with Crippen LogP contribution in [0.5, 0.6) is 5.75 Å². The van der Waals surface area contributed by atoms with Crippen molar-refractivity contribution in [1.29, 1.82) is 0 Å². The molecule has 0 saturated carbocycles. The normalized spacial score (nSPS) is 14.7. The second kappa shape index (κ2) is 10.2. The van der Waals surface area contributed by atoms with Gasteiger partial charge in [0.2, 0.25) is 5.91 Å². The van der Waals surface area contributed by atoms with E-state index in [2.05, 4.69) is 39.6 Å². The molecule has 6 heteroatoms. The Labute approximate surface area is 173 Å². The van der Waals surface area contributed by atoms with Crippen LogP contribution in [0.15, 0.2) is 48.5 Å². The van der Waals surface area contributed by atoms with Gasteiger partial charge in [-0.3, -0.25) is 4.79 Å². The highest BCUT2D eigenvalue weighted by Gasteiger charge is 2.14. The maximum atomic E-state index is 12.2. The van der Waals surface area contributed by atoms with Crippen molar-refractivity contribution in [3.05, 3.63) is 48.5 Å². The molecule has 156 valence electrons. The molecule has 6 nitrogen and oxygen atoms in total. The largest absolute Gasteiger partial charge is 0.491 e. The van der Waals surface area contributed by atoms with Crippen molar-refractivity contribution in [1.82, 2.24) is 4.90 Å². The highest BCUT2D eigenvalue weighted by atomic mass is 16.5. The Kier molecular flexibility index (Phi) is 7.36. The topological polar surface area (TPSA) is 56.8 Å². The van der Waals surface area contributed by atoms with E-state index in [4.69, 9.17) is 4.74 Å². The van der Waals surface area contributed by atoms with Gasteiger partial charge in [-0.05, 0) is 69.4 Å². The third-order valence-corrected chi connectivity index (χ3v) is 4.93. The zero-order valence-corrected chi connectivity index (χ0v) is 17.6. The smallest absolute Gasteiger partial charge is 0.226 e. The summed E-state index contributed by atoms with van der Waals surface area (Å²) >= 11 is 0. The zero-order valence-electron chi connectivity index (χ0n) is 17.6. The summed E-state index contributed by atoms with van der Waals surface area (Å²) in [5.41, 5.74) is 3.02. The lowest BCUT2D eigenvalue weighted by Crippen LogP contribution is -2.44. The maximum absolute atomic E-state index is 12.2. The Morgan fingerprint density at radius 2 is 1.59 bits per heavy atom. The molecule has 1 aliphatic rings. The molecule has 0 unspecified atom stereocenters. The Morgan fingerprint density at radius 3 is 2.21 bits per heavy atom. The molecule has 2 N–H and O–H groups in total. The van der Waals surface area contributed by atoms with E-state index in [1.165, 1.54) is 5.69 Å². The Balaban J connectivity index is 1.40. The van der Waals surface area contributed by atoms with Gasteiger partial charge in [0.25, 0.3) is 0 Å². The van der Waals surface area contributed by atoms with Gasteiger partial charge in [-0.25, -0.2) is 0 Å². The standard InChI is InChI=1S/C23H32N4O2/c1-18(2)29-22-10-6-19(7-11-22)24-13-12-23(28)25-20-4-8-21(9-5-20)27-16-14-26(3)15-17-27/h4-11,18,24H,12-17H2,1-3H3,(H,25,28). The zero-order chi connectivity index (χ0) is 20.6. The van der Waals surface area contributed by atoms with E-state index < -0.39 is 0 Å². The first-order chi connectivity index (χ1) is 14.0. The number of hydrogen-bond donors (Lipinski definition) is 2. The van der Waals surface area contributed by atoms with E-state index in [9.17, 15) is 4.79 Å². The van der Waals surface area contributed by atoms with Crippen LogP contribution in [-0.2, 0) is 4.79 Å². The number of carbonyl (C=O) groups is 1. The van der Waals surface area contributed by atoms with Gasteiger partial charge in [0.15, 0.2) is 0 Å². The minimum atomic E-state index is 0.00427. The lowest BCUT2D eigenvalue weighted by molar-refractivity contribution is -0.115. The van der Waals surface area contributed by atoms with E-state index in [0.29, 0.717) is 13.0 Å².